The van der Waals surface area contributed by atoms with Gasteiger partial charge in [0.15, 0.2) is 6.04 Å². The maximum Gasteiger partial charge on any atom is 0.247 e. The third-order valence-corrected chi connectivity index (χ3v) is 2.98. The molecule has 2 amide bonds. The minimum Gasteiger partial charge on any atom is -0.348 e. The lowest BCUT2D eigenvalue weighted by Crippen LogP contribution is -2.69. The Morgan fingerprint density at radius 2 is 2.54 bits per heavy atom. The van der Waals surface area contributed by atoms with Gasteiger partial charge in [0, 0.05) is 12.7 Å². The van der Waals surface area contributed by atoms with Gasteiger partial charge in [-0.2, -0.15) is 0 Å². The third kappa shape index (κ3) is 1.40. The number of nitrogens with zero attached hydrogens (tertiary/aromatic N) is 1. The molecule has 0 aromatic carbocycles. The van der Waals surface area contributed by atoms with Gasteiger partial charge in [-0.1, -0.05) is 0 Å². The third-order valence-electron chi connectivity index (χ3n) is 2.11. The second-order valence-electron chi connectivity index (χ2n) is 3.02. The standard InChI is InChI=1S/C7H10N2O3S/c1-4(10)9-6-5(8-7(6)11)2-13-3-12-9/h5-6H,2-3H2,1H3,(H,8,11)/t5-,6+/m1/s1. The first-order chi connectivity index (χ1) is 6.20. The smallest absolute Gasteiger partial charge is 0.247 e. The predicted octanol–water partition coefficient (Wildman–Crippen LogP) is -0.662. The van der Waals surface area contributed by atoms with Crippen molar-refractivity contribution in [3.63, 3.8) is 0 Å². The van der Waals surface area contributed by atoms with Crippen LogP contribution in [0.25, 0.3) is 0 Å². The number of carbonyl (C=O) groups is 2. The van der Waals surface area contributed by atoms with Gasteiger partial charge in [0.05, 0.1) is 6.04 Å². The van der Waals surface area contributed by atoms with E-state index in [2.05, 4.69) is 5.32 Å². The van der Waals surface area contributed by atoms with Gasteiger partial charge in [0.2, 0.25) is 11.8 Å². The average Bonchev–Trinajstić information content (AvgIpc) is 2.22. The number of hydroxylamine groups is 2. The van der Waals surface area contributed by atoms with Crippen LogP contribution in [-0.4, -0.2) is 40.7 Å². The molecule has 0 aromatic heterocycles. The first kappa shape index (κ1) is 8.83. The van der Waals surface area contributed by atoms with Crippen molar-refractivity contribution in [3.8, 4) is 0 Å². The summed E-state index contributed by atoms with van der Waals surface area (Å²) in [6.07, 6.45) is 0. The Morgan fingerprint density at radius 1 is 1.77 bits per heavy atom. The summed E-state index contributed by atoms with van der Waals surface area (Å²) < 4.78 is 0. The Morgan fingerprint density at radius 3 is 3.15 bits per heavy atom. The minimum atomic E-state index is -0.410. The molecule has 0 aromatic rings. The van der Waals surface area contributed by atoms with E-state index in [4.69, 9.17) is 4.84 Å². The summed E-state index contributed by atoms with van der Waals surface area (Å²) in [4.78, 5) is 27.4. The summed E-state index contributed by atoms with van der Waals surface area (Å²) in [6, 6.07) is -0.351. The van der Waals surface area contributed by atoms with Gasteiger partial charge >= 0.3 is 0 Å². The molecule has 6 heteroatoms. The number of amides is 2. The Labute approximate surface area is 79.7 Å². The largest absolute Gasteiger partial charge is 0.348 e. The molecule has 0 saturated carbocycles. The highest BCUT2D eigenvalue weighted by molar-refractivity contribution is 7.99. The first-order valence-corrected chi connectivity index (χ1v) is 5.16. The molecule has 0 spiro atoms. The topological polar surface area (TPSA) is 58.6 Å². The number of fused-ring (bicyclic) bond motifs is 1. The van der Waals surface area contributed by atoms with Crippen LogP contribution < -0.4 is 5.32 Å². The van der Waals surface area contributed by atoms with Crippen LogP contribution in [0.2, 0.25) is 0 Å². The highest BCUT2D eigenvalue weighted by atomic mass is 32.2. The summed E-state index contributed by atoms with van der Waals surface area (Å²) in [5.74, 6) is 0.900. The van der Waals surface area contributed by atoms with Gasteiger partial charge in [0.25, 0.3) is 0 Å². The molecule has 2 aliphatic rings. The van der Waals surface area contributed by atoms with Gasteiger partial charge in [0.1, 0.15) is 5.94 Å². The quantitative estimate of drug-likeness (QED) is 0.530. The van der Waals surface area contributed by atoms with Crippen LogP contribution in [0.5, 0.6) is 0 Å². The molecule has 2 heterocycles. The van der Waals surface area contributed by atoms with Crippen LogP contribution in [0.15, 0.2) is 0 Å². The molecule has 5 nitrogen and oxygen atoms in total. The fraction of sp³-hybridized carbons (Fsp3) is 0.714. The zero-order chi connectivity index (χ0) is 9.42. The van der Waals surface area contributed by atoms with E-state index in [9.17, 15) is 9.59 Å². The van der Waals surface area contributed by atoms with E-state index in [1.54, 1.807) is 11.8 Å². The van der Waals surface area contributed by atoms with Gasteiger partial charge < -0.3 is 5.32 Å². The molecular formula is C7H10N2O3S. The summed E-state index contributed by atoms with van der Waals surface area (Å²) in [6.45, 7) is 1.40. The molecule has 72 valence electrons. The number of β-lactam (4-membered cyclic amide) rings is 1. The number of thioether (sulfide) groups is 1. The number of carbonyl (C=O) groups excluding carboxylic acids is 2. The molecule has 0 radical (unpaired) electrons. The molecule has 2 rings (SSSR count). The van der Waals surface area contributed by atoms with Crippen molar-refractivity contribution in [1.29, 1.82) is 0 Å². The molecule has 0 aliphatic carbocycles. The first-order valence-electron chi connectivity index (χ1n) is 4.01. The van der Waals surface area contributed by atoms with Crippen LogP contribution in [0.3, 0.4) is 0 Å². The zero-order valence-electron chi connectivity index (χ0n) is 7.15. The molecule has 1 N–H and O–H groups in total. The highest BCUT2D eigenvalue weighted by Crippen LogP contribution is 2.23. The lowest BCUT2D eigenvalue weighted by Gasteiger charge is -2.39. The fourth-order valence-electron chi connectivity index (χ4n) is 1.47. The second kappa shape index (κ2) is 3.19. The van der Waals surface area contributed by atoms with Crippen LogP contribution in [0.1, 0.15) is 6.92 Å². The Kier molecular flexibility index (Phi) is 2.17. The molecule has 2 atom stereocenters. The maximum atomic E-state index is 11.1. The summed E-state index contributed by atoms with van der Waals surface area (Å²) >= 11 is 1.57. The van der Waals surface area contributed by atoms with Crippen molar-refractivity contribution in [3.05, 3.63) is 0 Å². The minimum absolute atomic E-state index is 0.0592. The maximum absolute atomic E-state index is 11.1. The summed E-state index contributed by atoms with van der Waals surface area (Å²) in [5.41, 5.74) is 0. The second-order valence-corrected chi connectivity index (χ2v) is 4.00. The molecular weight excluding hydrogens is 192 g/mol. The fourth-order valence-corrected chi connectivity index (χ4v) is 2.28. The SMILES string of the molecule is CC(=O)N1OCSC[C@H]2NC(=O)[C@H]21. The lowest BCUT2D eigenvalue weighted by molar-refractivity contribution is -0.200. The van der Waals surface area contributed by atoms with E-state index in [1.165, 1.54) is 12.0 Å². The Hall–Kier alpha value is -0.750. The van der Waals surface area contributed by atoms with Gasteiger partial charge in [-0.3, -0.25) is 14.4 Å². The van der Waals surface area contributed by atoms with Gasteiger partial charge in [-0.25, -0.2) is 5.06 Å². The van der Waals surface area contributed by atoms with Crippen LogP contribution >= 0.6 is 11.8 Å². The average molecular weight is 202 g/mol. The van der Waals surface area contributed by atoms with E-state index in [0.29, 0.717) is 5.94 Å². The van der Waals surface area contributed by atoms with Crippen LogP contribution in [-0.2, 0) is 14.4 Å². The molecule has 2 aliphatic heterocycles. The number of hydrogen-bond acceptors (Lipinski definition) is 4. The van der Waals surface area contributed by atoms with Gasteiger partial charge in [-0.05, 0) is 0 Å². The van der Waals surface area contributed by atoms with Crippen LogP contribution in [0.4, 0.5) is 0 Å². The molecule has 0 bridgehead atoms. The number of nitrogens with one attached hydrogen (secondary N) is 1. The monoisotopic (exact) mass is 202 g/mol. The Balaban J connectivity index is 2.14. The van der Waals surface area contributed by atoms with E-state index >= 15 is 0 Å². The number of rotatable bonds is 0. The molecule has 2 saturated heterocycles. The molecule has 13 heavy (non-hydrogen) atoms. The normalized spacial score (nSPS) is 32.7. The van der Waals surface area contributed by atoms with Crippen molar-refractivity contribution in [2.45, 2.75) is 19.0 Å². The van der Waals surface area contributed by atoms with Crippen molar-refractivity contribution < 1.29 is 14.4 Å². The predicted molar refractivity (Wildman–Crippen MR) is 46.6 cm³/mol. The van der Waals surface area contributed by atoms with E-state index in [0.717, 1.165) is 5.75 Å². The van der Waals surface area contributed by atoms with E-state index < -0.39 is 6.04 Å². The van der Waals surface area contributed by atoms with Crippen molar-refractivity contribution in [2.24, 2.45) is 0 Å². The molecule has 2 fully saturated rings. The van der Waals surface area contributed by atoms with Crippen LogP contribution in [0, 0.1) is 0 Å². The molecule has 0 unspecified atom stereocenters. The summed E-state index contributed by atoms with van der Waals surface area (Å²) in [7, 11) is 0. The Bertz CT molecular complexity index is 250. The van der Waals surface area contributed by atoms with Gasteiger partial charge in [-0.15, -0.1) is 11.8 Å². The lowest BCUT2D eigenvalue weighted by atomic mass is 10.0. The van der Waals surface area contributed by atoms with Crippen molar-refractivity contribution in [1.82, 2.24) is 10.4 Å². The zero-order valence-corrected chi connectivity index (χ0v) is 7.97. The van der Waals surface area contributed by atoms with E-state index in [1.807, 2.05) is 0 Å². The van der Waals surface area contributed by atoms with Crippen molar-refractivity contribution >= 4 is 23.6 Å². The highest BCUT2D eigenvalue weighted by Gasteiger charge is 2.46. The van der Waals surface area contributed by atoms with E-state index in [-0.39, 0.29) is 17.9 Å². The van der Waals surface area contributed by atoms with Crippen molar-refractivity contribution in [2.75, 3.05) is 11.7 Å². The summed E-state index contributed by atoms with van der Waals surface area (Å²) in [5, 5.41) is 3.92. The number of hydrogen-bond donors (Lipinski definition) is 1.